The smallest absolute Gasteiger partial charge is 0.169 e. The SMILES string of the molecule is [2H]C1=NCC(C)(C)CO1. The van der Waals surface area contributed by atoms with Crippen molar-refractivity contribution in [3.63, 3.8) is 0 Å². The number of hydrogen-bond acceptors (Lipinski definition) is 2. The number of rotatable bonds is 0. The highest BCUT2D eigenvalue weighted by Crippen LogP contribution is 2.17. The molecule has 46 valence electrons. The Bertz CT molecular complexity index is 142. The number of aliphatic imine (C=N–C) groups is 1. The van der Waals surface area contributed by atoms with Crippen molar-refractivity contribution in [2.75, 3.05) is 13.2 Å². The maximum absolute atomic E-state index is 6.98. The molecular formula is C6H11NO. The molecular weight excluding hydrogens is 102 g/mol. The van der Waals surface area contributed by atoms with Crippen LogP contribution in [-0.4, -0.2) is 19.5 Å². The van der Waals surface area contributed by atoms with Crippen LogP contribution in [0, 0.1) is 5.41 Å². The Morgan fingerprint density at radius 2 is 2.62 bits per heavy atom. The minimum atomic E-state index is 0.0781. The van der Waals surface area contributed by atoms with Crippen LogP contribution in [0.2, 0.25) is 0 Å². The first-order chi connectivity index (χ1) is 4.10. The molecule has 0 aliphatic carbocycles. The molecule has 0 saturated carbocycles. The normalized spacial score (nSPS) is 27.8. The van der Waals surface area contributed by atoms with E-state index < -0.39 is 0 Å². The molecule has 0 spiro atoms. The zero-order valence-electron chi connectivity index (χ0n) is 6.27. The number of hydrogen-bond donors (Lipinski definition) is 0. The minimum Gasteiger partial charge on any atom is -0.483 e. The van der Waals surface area contributed by atoms with Crippen LogP contribution in [0.3, 0.4) is 0 Å². The van der Waals surface area contributed by atoms with Gasteiger partial charge in [0.1, 0.15) is 1.37 Å². The van der Waals surface area contributed by atoms with Gasteiger partial charge >= 0.3 is 0 Å². The van der Waals surface area contributed by atoms with Gasteiger partial charge in [-0.2, -0.15) is 0 Å². The lowest BCUT2D eigenvalue weighted by atomic mass is 9.95. The quantitative estimate of drug-likeness (QED) is 0.461. The Morgan fingerprint density at radius 1 is 1.88 bits per heavy atom. The fourth-order valence-corrected chi connectivity index (χ4v) is 0.565. The summed E-state index contributed by atoms with van der Waals surface area (Å²) < 4.78 is 11.9. The van der Waals surface area contributed by atoms with E-state index in [0.717, 1.165) is 0 Å². The Kier molecular flexibility index (Phi) is 0.962. The second-order valence-corrected chi connectivity index (χ2v) is 2.86. The Balaban J connectivity index is 2.56. The van der Waals surface area contributed by atoms with E-state index in [4.69, 9.17) is 6.11 Å². The molecule has 0 amide bonds. The molecule has 1 aliphatic heterocycles. The molecule has 0 saturated heterocycles. The number of nitrogens with zero attached hydrogens (tertiary/aromatic N) is 1. The first-order valence-corrected chi connectivity index (χ1v) is 2.74. The van der Waals surface area contributed by atoms with Crippen molar-refractivity contribution in [1.29, 1.82) is 0 Å². The predicted molar refractivity (Wildman–Crippen MR) is 33.1 cm³/mol. The van der Waals surface area contributed by atoms with E-state index in [-0.39, 0.29) is 11.8 Å². The van der Waals surface area contributed by atoms with Gasteiger partial charge in [0.25, 0.3) is 0 Å². The van der Waals surface area contributed by atoms with Crippen molar-refractivity contribution in [1.82, 2.24) is 0 Å². The van der Waals surface area contributed by atoms with Gasteiger partial charge in [0.15, 0.2) is 6.38 Å². The van der Waals surface area contributed by atoms with Crippen molar-refractivity contribution in [3.8, 4) is 0 Å². The second-order valence-electron chi connectivity index (χ2n) is 2.86. The maximum Gasteiger partial charge on any atom is 0.169 e. The molecule has 0 N–H and O–H groups in total. The average Bonchev–Trinajstić information content (AvgIpc) is 1.78. The lowest BCUT2D eigenvalue weighted by molar-refractivity contribution is 0.166. The standard InChI is InChI=1S/C6H11NO/c1-6(2)3-7-5-8-4-6/h5H,3-4H2,1-2H3/i5D. The molecule has 1 rings (SSSR count). The van der Waals surface area contributed by atoms with Crippen LogP contribution >= 0.6 is 0 Å². The molecule has 1 heterocycles. The molecule has 1 aliphatic rings. The summed E-state index contributed by atoms with van der Waals surface area (Å²) in [5.74, 6) is 0. The van der Waals surface area contributed by atoms with Crippen molar-refractivity contribution >= 4 is 6.38 Å². The van der Waals surface area contributed by atoms with Gasteiger partial charge in [0.2, 0.25) is 0 Å². The van der Waals surface area contributed by atoms with Gasteiger partial charge in [0, 0.05) is 5.41 Å². The summed E-state index contributed by atoms with van der Waals surface area (Å²) in [5, 5.41) is 0. The second kappa shape index (κ2) is 1.77. The Morgan fingerprint density at radius 3 is 3.00 bits per heavy atom. The maximum atomic E-state index is 6.98. The van der Waals surface area contributed by atoms with Gasteiger partial charge < -0.3 is 4.74 Å². The Hall–Kier alpha value is -0.530. The van der Waals surface area contributed by atoms with Gasteiger partial charge in [-0.1, -0.05) is 13.8 Å². The predicted octanol–water partition coefficient (Wildman–Crippen LogP) is 1.07. The van der Waals surface area contributed by atoms with Crippen LogP contribution in [-0.2, 0) is 4.74 Å². The summed E-state index contributed by atoms with van der Waals surface area (Å²) in [6, 6.07) is 0. The monoisotopic (exact) mass is 114 g/mol. The fraction of sp³-hybridized carbons (Fsp3) is 0.833. The van der Waals surface area contributed by atoms with E-state index in [1.165, 1.54) is 0 Å². The van der Waals surface area contributed by atoms with Crippen LogP contribution < -0.4 is 0 Å². The molecule has 0 aromatic rings. The molecule has 0 aromatic heterocycles. The van der Waals surface area contributed by atoms with Gasteiger partial charge in [-0.15, -0.1) is 0 Å². The third-order valence-electron chi connectivity index (χ3n) is 1.10. The van der Waals surface area contributed by atoms with Gasteiger partial charge in [0.05, 0.1) is 13.2 Å². The minimum absolute atomic E-state index is 0.0781. The van der Waals surface area contributed by atoms with Crippen LogP contribution in [0.1, 0.15) is 15.2 Å². The highest BCUT2D eigenvalue weighted by Gasteiger charge is 2.19. The zero-order chi connectivity index (χ0) is 6.91. The summed E-state index contributed by atoms with van der Waals surface area (Å²) >= 11 is 0. The number of ether oxygens (including phenoxy) is 1. The first-order valence-electron chi connectivity index (χ1n) is 3.24. The molecule has 0 atom stereocenters. The van der Waals surface area contributed by atoms with Gasteiger partial charge in [-0.05, 0) is 0 Å². The van der Waals surface area contributed by atoms with Crippen LogP contribution in [0.15, 0.2) is 4.99 Å². The van der Waals surface area contributed by atoms with Crippen molar-refractivity contribution < 1.29 is 6.11 Å². The zero-order valence-corrected chi connectivity index (χ0v) is 5.27. The van der Waals surface area contributed by atoms with Crippen LogP contribution in [0.5, 0.6) is 0 Å². The lowest BCUT2D eigenvalue weighted by Crippen LogP contribution is -2.26. The molecule has 8 heavy (non-hydrogen) atoms. The van der Waals surface area contributed by atoms with Crippen molar-refractivity contribution in [2.24, 2.45) is 10.4 Å². The summed E-state index contributed by atoms with van der Waals surface area (Å²) in [7, 11) is 0. The molecule has 2 nitrogen and oxygen atoms in total. The summed E-state index contributed by atoms with van der Waals surface area (Å²) in [6.07, 6.45) is 0.0781. The van der Waals surface area contributed by atoms with Gasteiger partial charge in [-0.3, -0.25) is 4.99 Å². The average molecular weight is 114 g/mol. The molecule has 0 fully saturated rings. The molecule has 0 unspecified atom stereocenters. The third-order valence-corrected chi connectivity index (χ3v) is 1.10. The van der Waals surface area contributed by atoms with Crippen LogP contribution in [0.25, 0.3) is 0 Å². The Labute approximate surface area is 51.0 Å². The largest absolute Gasteiger partial charge is 0.483 e. The molecule has 0 bridgehead atoms. The van der Waals surface area contributed by atoms with Crippen LogP contribution in [0.4, 0.5) is 0 Å². The first kappa shape index (κ1) is 4.36. The lowest BCUT2D eigenvalue weighted by Gasteiger charge is -2.23. The van der Waals surface area contributed by atoms with E-state index in [0.29, 0.717) is 13.2 Å². The van der Waals surface area contributed by atoms with E-state index in [2.05, 4.69) is 18.8 Å². The van der Waals surface area contributed by atoms with Crippen molar-refractivity contribution in [3.05, 3.63) is 0 Å². The summed E-state index contributed by atoms with van der Waals surface area (Å²) in [5.41, 5.74) is 0.130. The highest BCUT2D eigenvalue weighted by molar-refractivity contribution is 5.47. The topological polar surface area (TPSA) is 21.6 Å². The van der Waals surface area contributed by atoms with E-state index in [9.17, 15) is 0 Å². The fourth-order valence-electron chi connectivity index (χ4n) is 0.565. The molecule has 0 radical (unpaired) electrons. The van der Waals surface area contributed by atoms with Crippen molar-refractivity contribution in [2.45, 2.75) is 13.8 Å². The molecule has 0 aromatic carbocycles. The molecule has 2 heteroatoms. The summed E-state index contributed by atoms with van der Waals surface area (Å²) in [6.45, 7) is 5.48. The van der Waals surface area contributed by atoms with E-state index in [1.54, 1.807) is 0 Å². The van der Waals surface area contributed by atoms with Gasteiger partial charge in [-0.25, -0.2) is 0 Å². The summed E-state index contributed by atoms with van der Waals surface area (Å²) in [4.78, 5) is 3.84. The third kappa shape index (κ3) is 1.22. The van der Waals surface area contributed by atoms with E-state index in [1.807, 2.05) is 0 Å². The highest BCUT2D eigenvalue weighted by atomic mass is 16.5. The van der Waals surface area contributed by atoms with E-state index >= 15 is 0 Å².